The third-order valence-electron chi connectivity index (χ3n) is 5.40. The first-order chi connectivity index (χ1) is 16.4. The molecule has 0 bridgehead atoms. The van der Waals surface area contributed by atoms with Crippen molar-refractivity contribution in [1.29, 1.82) is 0 Å². The minimum atomic E-state index is -0.703. The molecule has 34 heavy (non-hydrogen) atoms. The highest BCUT2D eigenvalue weighted by Gasteiger charge is 2.21. The molecule has 1 aromatic carbocycles. The summed E-state index contributed by atoms with van der Waals surface area (Å²) in [5, 5.41) is 6.21. The Bertz CT molecular complexity index is 1520. The third-order valence-corrected chi connectivity index (χ3v) is 5.40. The first-order valence-corrected chi connectivity index (χ1v) is 10.5. The molecule has 4 aromatic heterocycles. The maximum absolute atomic E-state index is 12.3. The largest absolute Gasteiger partial charge is 0.371 e. The van der Waals surface area contributed by atoms with Crippen LogP contribution in [0.25, 0.3) is 28.0 Å². The minimum Gasteiger partial charge on any atom is -0.371 e. The second kappa shape index (κ2) is 8.28. The zero-order chi connectivity index (χ0) is 23.8. The van der Waals surface area contributed by atoms with Crippen molar-refractivity contribution in [3.8, 4) is 16.9 Å². The molecule has 0 radical (unpaired) electrons. The summed E-state index contributed by atoms with van der Waals surface area (Å²) in [6.45, 7) is 1.93. The Kier molecular flexibility index (Phi) is 5.13. The van der Waals surface area contributed by atoms with Crippen molar-refractivity contribution in [3.63, 3.8) is 0 Å². The fourth-order valence-electron chi connectivity index (χ4n) is 3.69. The number of benzene rings is 1. The van der Waals surface area contributed by atoms with Crippen LogP contribution in [0.3, 0.4) is 0 Å². The number of pyridine rings is 1. The van der Waals surface area contributed by atoms with E-state index in [4.69, 9.17) is 5.73 Å². The van der Waals surface area contributed by atoms with Crippen LogP contribution in [0, 0.1) is 6.92 Å². The zero-order valence-electron chi connectivity index (χ0n) is 18.8. The minimum absolute atomic E-state index is 0.0104. The second-order valence-electron chi connectivity index (χ2n) is 7.74. The molecule has 4 heterocycles. The lowest BCUT2D eigenvalue weighted by Gasteiger charge is -2.15. The van der Waals surface area contributed by atoms with E-state index in [9.17, 15) is 4.79 Å². The third kappa shape index (κ3) is 3.68. The van der Waals surface area contributed by atoms with E-state index in [-0.39, 0.29) is 11.5 Å². The summed E-state index contributed by atoms with van der Waals surface area (Å²) in [7, 11) is 3.61. The Morgan fingerprint density at radius 2 is 1.82 bits per heavy atom. The summed E-state index contributed by atoms with van der Waals surface area (Å²) in [5.74, 6) is -0.00323. The molecule has 0 unspecified atom stereocenters. The molecule has 0 aliphatic heterocycles. The number of carbonyl (C=O) groups excluding carboxylic acids is 1. The highest BCUT2D eigenvalue weighted by molar-refractivity contribution is 5.99. The molecule has 1 amide bonds. The molecular formula is C23H22N10O. The fraction of sp³-hybridized carbons (Fsp3) is 0.130. The van der Waals surface area contributed by atoms with Gasteiger partial charge in [-0.1, -0.05) is 0 Å². The lowest BCUT2D eigenvalue weighted by molar-refractivity contribution is 0.0996. The van der Waals surface area contributed by atoms with Gasteiger partial charge in [-0.25, -0.2) is 19.9 Å². The normalized spacial score (nSPS) is 11.0. The van der Waals surface area contributed by atoms with Gasteiger partial charge in [0.25, 0.3) is 5.91 Å². The lowest BCUT2D eigenvalue weighted by Crippen LogP contribution is -2.18. The van der Waals surface area contributed by atoms with Gasteiger partial charge in [0.1, 0.15) is 11.2 Å². The van der Waals surface area contributed by atoms with E-state index in [0.717, 1.165) is 22.6 Å². The van der Waals surface area contributed by atoms with Gasteiger partial charge in [0, 0.05) is 37.9 Å². The van der Waals surface area contributed by atoms with Crippen molar-refractivity contribution in [2.24, 2.45) is 12.8 Å². The average molecular weight is 454 g/mol. The van der Waals surface area contributed by atoms with Crippen LogP contribution in [0.1, 0.15) is 16.2 Å². The summed E-state index contributed by atoms with van der Waals surface area (Å²) in [4.78, 5) is 34.5. The van der Waals surface area contributed by atoms with Gasteiger partial charge in [-0.05, 0) is 31.2 Å². The predicted molar refractivity (Wildman–Crippen MR) is 129 cm³/mol. The lowest BCUT2D eigenvalue weighted by atomic mass is 10.1. The van der Waals surface area contributed by atoms with Crippen LogP contribution >= 0.6 is 0 Å². The number of imidazole rings is 2. The van der Waals surface area contributed by atoms with Crippen LogP contribution in [0.15, 0.2) is 55.5 Å². The van der Waals surface area contributed by atoms with Crippen molar-refractivity contribution in [2.45, 2.75) is 6.92 Å². The topological polar surface area (TPSA) is 141 Å². The van der Waals surface area contributed by atoms with Crippen LogP contribution in [0.5, 0.6) is 0 Å². The molecule has 0 aliphatic carbocycles. The number of amides is 1. The Balaban J connectivity index is 1.55. The number of hydrogen-bond acceptors (Lipinski definition) is 8. The van der Waals surface area contributed by atoms with Gasteiger partial charge in [-0.2, -0.15) is 0 Å². The Hall–Kier alpha value is -4.80. The van der Waals surface area contributed by atoms with E-state index in [0.29, 0.717) is 22.6 Å². The molecule has 0 saturated carbocycles. The number of anilines is 3. The summed E-state index contributed by atoms with van der Waals surface area (Å²) in [6.07, 6.45) is 8.76. The number of rotatable bonds is 6. The van der Waals surface area contributed by atoms with E-state index in [1.54, 1.807) is 32.1 Å². The predicted octanol–water partition coefficient (Wildman–Crippen LogP) is 2.80. The Morgan fingerprint density at radius 3 is 2.50 bits per heavy atom. The molecule has 11 heteroatoms. The molecule has 11 nitrogen and oxygen atoms in total. The summed E-state index contributed by atoms with van der Waals surface area (Å²) >= 11 is 0. The number of nitrogens with zero attached hydrogens (tertiary/aromatic N) is 7. The molecule has 4 N–H and O–H groups in total. The molecule has 5 aromatic rings. The Labute approximate surface area is 194 Å². The van der Waals surface area contributed by atoms with Gasteiger partial charge in [0.05, 0.1) is 35.6 Å². The van der Waals surface area contributed by atoms with Crippen molar-refractivity contribution in [3.05, 3.63) is 66.9 Å². The van der Waals surface area contributed by atoms with Gasteiger partial charge in [0.2, 0.25) is 0 Å². The monoisotopic (exact) mass is 454 g/mol. The molecular weight excluding hydrogens is 432 g/mol. The van der Waals surface area contributed by atoms with Gasteiger partial charge in [0.15, 0.2) is 17.3 Å². The van der Waals surface area contributed by atoms with Crippen LogP contribution in [-0.2, 0) is 7.05 Å². The molecule has 0 spiro atoms. The maximum atomic E-state index is 12.3. The van der Waals surface area contributed by atoms with Crippen molar-refractivity contribution >= 4 is 34.3 Å². The smallest absolute Gasteiger partial charge is 0.271 e. The van der Waals surface area contributed by atoms with Crippen molar-refractivity contribution < 1.29 is 4.79 Å². The quantitative estimate of drug-likeness (QED) is 0.356. The Morgan fingerprint density at radius 1 is 1.03 bits per heavy atom. The number of primary amides is 1. The molecule has 0 aliphatic rings. The average Bonchev–Trinajstić information content (AvgIpc) is 3.45. The number of fused-ring (bicyclic) bond motifs is 1. The zero-order valence-corrected chi connectivity index (χ0v) is 18.8. The summed E-state index contributed by atoms with van der Waals surface area (Å²) < 4.78 is 3.78. The molecule has 5 rings (SSSR count). The van der Waals surface area contributed by atoms with E-state index in [2.05, 4.69) is 35.6 Å². The SMILES string of the molecule is CNc1nc(Nc2ccc(-n3cnc(C)c3)cc2)c(C(N)=O)nc1-c1cncc2c1ncn2C. The summed E-state index contributed by atoms with van der Waals surface area (Å²) in [6, 6.07) is 7.62. The van der Waals surface area contributed by atoms with Crippen LogP contribution in [-0.4, -0.2) is 47.0 Å². The van der Waals surface area contributed by atoms with Crippen molar-refractivity contribution in [2.75, 3.05) is 17.7 Å². The first-order valence-electron chi connectivity index (χ1n) is 10.5. The standard InChI is InChI=1S/C23H22N10O/c1-13-10-33(12-27-13)15-6-4-14(5-7-15)29-23-20(21(24)34)30-19(22(25-2)31-23)16-8-26-9-17-18(16)28-11-32(17)3/h4-12H,1-3H3,(H2,24,34)(H2,25,29,31). The van der Waals surface area contributed by atoms with Gasteiger partial charge in [-0.3, -0.25) is 9.78 Å². The van der Waals surface area contributed by atoms with E-state index >= 15 is 0 Å². The van der Waals surface area contributed by atoms with E-state index in [1.165, 1.54) is 0 Å². The van der Waals surface area contributed by atoms with Gasteiger partial charge in [-0.15, -0.1) is 0 Å². The van der Waals surface area contributed by atoms with Crippen LogP contribution in [0.2, 0.25) is 0 Å². The van der Waals surface area contributed by atoms with Crippen LogP contribution in [0.4, 0.5) is 17.3 Å². The van der Waals surface area contributed by atoms with Crippen molar-refractivity contribution in [1.82, 2.24) is 34.1 Å². The van der Waals surface area contributed by atoms with Gasteiger partial charge < -0.3 is 25.5 Å². The number of nitrogens with two attached hydrogens (primary N) is 1. The molecule has 0 saturated heterocycles. The number of nitrogens with one attached hydrogen (secondary N) is 2. The summed E-state index contributed by atoms with van der Waals surface area (Å²) in [5.41, 5.74) is 10.9. The fourth-order valence-corrected chi connectivity index (χ4v) is 3.69. The highest BCUT2D eigenvalue weighted by atomic mass is 16.1. The molecule has 0 atom stereocenters. The number of carbonyl (C=O) groups is 1. The van der Waals surface area contributed by atoms with E-state index < -0.39 is 5.91 Å². The number of aromatic nitrogens is 7. The van der Waals surface area contributed by atoms with Crippen LogP contribution < -0.4 is 16.4 Å². The number of aryl methyl sites for hydroxylation is 2. The first kappa shape index (κ1) is 21.1. The maximum Gasteiger partial charge on any atom is 0.271 e. The molecule has 170 valence electrons. The number of hydrogen-bond donors (Lipinski definition) is 3. The second-order valence-corrected chi connectivity index (χ2v) is 7.74. The van der Waals surface area contributed by atoms with E-state index in [1.807, 2.05) is 53.6 Å². The van der Waals surface area contributed by atoms with Gasteiger partial charge >= 0.3 is 0 Å². The molecule has 0 fully saturated rings. The highest BCUT2D eigenvalue weighted by Crippen LogP contribution is 2.32.